The number of phenols is 3. The van der Waals surface area contributed by atoms with E-state index < -0.39 is 5.41 Å². The van der Waals surface area contributed by atoms with E-state index in [0.717, 1.165) is 22.5 Å². The maximum Gasteiger partial charge on any atom is 0.251 e. The van der Waals surface area contributed by atoms with Crippen LogP contribution in [0.25, 0.3) is 0 Å². The highest BCUT2D eigenvalue weighted by atomic mass is 16.3. The first-order valence-electron chi connectivity index (χ1n) is 11.5. The van der Waals surface area contributed by atoms with Crippen molar-refractivity contribution in [3.63, 3.8) is 0 Å². The molecule has 176 valence electrons. The summed E-state index contributed by atoms with van der Waals surface area (Å²) in [5.74, 6) is -0.255. The Kier molecular flexibility index (Phi) is 5.09. The van der Waals surface area contributed by atoms with Gasteiger partial charge in [0.05, 0.1) is 5.69 Å². The summed E-state index contributed by atoms with van der Waals surface area (Å²) < 4.78 is 0. The predicted molar refractivity (Wildman–Crippen MR) is 137 cm³/mol. The smallest absolute Gasteiger partial charge is 0.251 e. The number of anilines is 2. The maximum atomic E-state index is 14.7. The molecule has 1 aliphatic rings. The minimum atomic E-state index is -1.40. The highest BCUT2D eigenvalue weighted by Crippen LogP contribution is 2.56. The van der Waals surface area contributed by atoms with Gasteiger partial charge in [-0.2, -0.15) is 0 Å². The minimum absolute atomic E-state index is 0.0475. The minimum Gasteiger partial charge on any atom is -0.508 e. The van der Waals surface area contributed by atoms with E-state index in [-0.39, 0.29) is 23.2 Å². The number of fused-ring (bicyclic) bond motifs is 1. The summed E-state index contributed by atoms with van der Waals surface area (Å²) in [5.41, 5.74) is 4.37. The Balaban J connectivity index is 1.94. The highest BCUT2D eigenvalue weighted by Gasteiger charge is 2.55. The number of carbonyl (C=O) groups excluding carboxylic acids is 1. The summed E-state index contributed by atoms with van der Waals surface area (Å²) in [4.78, 5) is 16.4. The fourth-order valence-corrected chi connectivity index (χ4v) is 5.26. The number of hydrogen-bond acceptors (Lipinski definition) is 4. The third-order valence-corrected chi connectivity index (χ3v) is 7.06. The van der Waals surface area contributed by atoms with Crippen molar-refractivity contribution in [1.82, 2.24) is 0 Å². The SMILES string of the molecule is Cc1cccc(N2C(=O)C(c3cc(C)c(O)c(C)c3)(c3ccc(O)c(C)c3O)c3ccccc32)c1. The molecule has 1 atom stereocenters. The molecule has 3 N–H and O–H groups in total. The Hall–Kier alpha value is -4.25. The third kappa shape index (κ3) is 3.12. The van der Waals surface area contributed by atoms with Crippen molar-refractivity contribution in [3.8, 4) is 17.2 Å². The molecule has 0 spiro atoms. The number of para-hydroxylation sites is 1. The van der Waals surface area contributed by atoms with Gasteiger partial charge in [0, 0.05) is 22.4 Å². The number of rotatable bonds is 3. The van der Waals surface area contributed by atoms with Gasteiger partial charge in [-0.15, -0.1) is 0 Å². The zero-order valence-corrected chi connectivity index (χ0v) is 20.1. The van der Waals surface area contributed by atoms with Gasteiger partial charge in [0.2, 0.25) is 0 Å². The summed E-state index contributed by atoms with van der Waals surface area (Å²) in [7, 11) is 0. The van der Waals surface area contributed by atoms with Gasteiger partial charge in [0.15, 0.2) is 0 Å². The van der Waals surface area contributed by atoms with E-state index in [1.54, 1.807) is 43.9 Å². The Bertz CT molecular complexity index is 1480. The zero-order chi connectivity index (χ0) is 25.1. The first kappa shape index (κ1) is 22.5. The number of phenolic OH excluding ortho intramolecular Hbond substituents is 3. The predicted octanol–water partition coefficient (Wildman–Crippen LogP) is 6.05. The number of carbonyl (C=O) groups is 1. The summed E-state index contributed by atoms with van der Waals surface area (Å²) in [6.07, 6.45) is 0. The lowest BCUT2D eigenvalue weighted by Gasteiger charge is -2.32. The van der Waals surface area contributed by atoms with E-state index in [4.69, 9.17) is 0 Å². The molecule has 0 saturated carbocycles. The average Bonchev–Trinajstić information content (AvgIpc) is 3.09. The molecule has 0 radical (unpaired) electrons. The van der Waals surface area contributed by atoms with Crippen LogP contribution in [0, 0.1) is 27.7 Å². The summed E-state index contributed by atoms with van der Waals surface area (Å²) >= 11 is 0. The molecule has 1 heterocycles. The standard InChI is InChI=1S/C30H27NO4/c1-17-8-7-9-22(14-17)31-25-11-6-5-10-23(25)30(29(31)35,21-15-18(2)27(33)19(3)16-21)24-12-13-26(32)20(4)28(24)34/h5-16,32-34H,1-4H3. The van der Waals surface area contributed by atoms with Gasteiger partial charge in [-0.1, -0.05) is 42.5 Å². The molecule has 35 heavy (non-hydrogen) atoms. The van der Waals surface area contributed by atoms with E-state index >= 15 is 0 Å². The largest absolute Gasteiger partial charge is 0.508 e. The van der Waals surface area contributed by atoms with Gasteiger partial charge in [-0.3, -0.25) is 9.69 Å². The molecule has 0 saturated heterocycles. The van der Waals surface area contributed by atoms with Crippen molar-refractivity contribution < 1.29 is 20.1 Å². The van der Waals surface area contributed by atoms with Crippen molar-refractivity contribution in [2.75, 3.05) is 4.90 Å². The summed E-state index contributed by atoms with van der Waals surface area (Å²) in [6.45, 7) is 7.19. The number of aryl methyl sites for hydroxylation is 3. The number of nitrogens with zero attached hydrogens (tertiary/aromatic N) is 1. The lowest BCUT2D eigenvalue weighted by molar-refractivity contribution is -0.120. The van der Waals surface area contributed by atoms with E-state index in [0.29, 0.717) is 27.8 Å². The fraction of sp³-hybridized carbons (Fsp3) is 0.167. The van der Waals surface area contributed by atoms with E-state index in [1.165, 1.54) is 6.07 Å². The molecule has 5 rings (SSSR count). The van der Waals surface area contributed by atoms with Gasteiger partial charge in [-0.05, 0) is 80.3 Å². The molecule has 0 aromatic heterocycles. The molecule has 0 fully saturated rings. The van der Waals surface area contributed by atoms with Crippen LogP contribution in [0.3, 0.4) is 0 Å². The van der Waals surface area contributed by atoms with Crippen LogP contribution in [-0.4, -0.2) is 21.2 Å². The lowest BCUT2D eigenvalue weighted by Crippen LogP contribution is -2.40. The summed E-state index contributed by atoms with van der Waals surface area (Å²) in [6, 6.07) is 22.1. The first-order valence-corrected chi connectivity index (χ1v) is 11.5. The van der Waals surface area contributed by atoms with Gasteiger partial charge >= 0.3 is 0 Å². The second-order valence-corrected chi connectivity index (χ2v) is 9.31. The third-order valence-electron chi connectivity index (χ3n) is 7.06. The Labute approximate surface area is 204 Å². The van der Waals surface area contributed by atoms with Crippen molar-refractivity contribution >= 4 is 17.3 Å². The number of aromatic hydroxyl groups is 3. The van der Waals surface area contributed by atoms with Crippen molar-refractivity contribution in [1.29, 1.82) is 0 Å². The van der Waals surface area contributed by atoms with Gasteiger partial charge in [0.25, 0.3) is 5.91 Å². The zero-order valence-electron chi connectivity index (χ0n) is 20.1. The molecule has 4 aromatic carbocycles. The molecule has 1 aliphatic heterocycles. The maximum absolute atomic E-state index is 14.7. The first-order chi connectivity index (χ1) is 16.7. The van der Waals surface area contributed by atoms with Gasteiger partial charge in [-0.25, -0.2) is 0 Å². The van der Waals surface area contributed by atoms with Gasteiger partial charge < -0.3 is 15.3 Å². The van der Waals surface area contributed by atoms with Crippen LogP contribution in [0.1, 0.15) is 38.9 Å². The topological polar surface area (TPSA) is 81.0 Å². The molecule has 1 amide bonds. The van der Waals surface area contributed by atoms with Gasteiger partial charge in [0.1, 0.15) is 22.7 Å². The van der Waals surface area contributed by atoms with Crippen molar-refractivity contribution in [3.05, 3.63) is 112 Å². The number of hydrogen-bond donors (Lipinski definition) is 3. The fourth-order valence-electron chi connectivity index (χ4n) is 5.26. The molecule has 4 aromatic rings. The van der Waals surface area contributed by atoms with Crippen LogP contribution >= 0.6 is 0 Å². The lowest BCUT2D eigenvalue weighted by atomic mass is 9.68. The van der Waals surface area contributed by atoms with E-state index in [1.807, 2.05) is 55.5 Å². The van der Waals surface area contributed by atoms with Crippen LogP contribution in [0.5, 0.6) is 17.2 Å². The van der Waals surface area contributed by atoms with Crippen LogP contribution in [0.15, 0.2) is 72.8 Å². The average molecular weight is 466 g/mol. The molecule has 5 nitrogen and oxygen atoms in total. The Morgan fingerprint density at radius 3 is 2.09 bits per heavy atom. The van der Waals surface area contributed by atoms with Crippen LogP contribution in [0.4, 0.5) is 11.4 Å². The molecule has 5 heteroatoms. The normalized spacial score (nSPS) is 17.0. The summed E-state index contributed by atoms with van der Waals surface area (Å²) in [5, 5.41) is 32.1. The molecule has 0 aliphatic carbocycles. The molecule has 1 unspecified atom stereocenters. The van der Waals surface area contributed by atoms with Crippen molar-refractivity contribution in [2.45, 2.75) is 33.1 Å². The quantitative estimate of drug-likeness (QED) is 0.344. The number of benzene rings is 4. The van der Waals surface area contributed by atoms with Crippen LogP contribution < -0.4 is 4.90 Å². The number of amides is 1. The van der Waals surface area contributed by atoms with E-state index in [9.17, 15) is 20.1 Å². The second-order valence-electron chi connectivity index (χ2n) is 9.31. The monoisotopic (exact) mass is 465 g/mol. The van der Waals surface area contributed by atoms with E-state index in [2.05, 4.69) is 0 Å². The van der Waals surface area contributed by atoms with Crippen LogP contribution in [-0.2, 0) is 10.2 Å². The highest BCUT2D eigenvalue weighted by molar-refractivity contribution is 6.17. The Morgan fingerprint density at radius 1 is 0.714 bits per heavy atom. The Morgan fingerprint density at radius 2 is 1.40 bits per heavy atom. The second kappa shape index (κ2) is 7.91. The van der Waals surface area contributed by atoms with Crippen LogP contribution in [0.2, 0.25) is 0 Å². The molecular formula is C30H27NO4. The molecule has 0 bridgehead atoms. The molecular weight excluding hydrogens is 438 g/mol. The van der Waals surface area contributed by atoms with Crippen molar-refractivity contribution in [2.24, 2.45) is 0 Å².